The summed E-state index contributed by atoms with van der Waals surface area (Å²) in [6, 6.07) is 0. The molecule has 1 heterocycles. The lowest BCUT2D eigenvalue weighted by molar-refractivity contribution is 0.548. The van der Waals surface area contributed by atoms with E-state index in [1.807, 2.05) is 6.26 Å². The average Bonchev–Trinajstić information content (AvgIpc) is 2.74. The van der Waals surface area contributed by atoms with E-state index in [4.69, 9.17) is 4.42 Å². The fourth-order valence-electron chi connectivity index (χ4n) is 2.41. The summed E-state index contributed by atoms with van der Waals surface area (Å²) in [5.74, 6) is 1.10. The van der Waals surface area contributed by atoms with Crippen LogP contribution >= 0.6 is 0 Å². The molecule has 0 aliphatic heterocycles. The highest BCUT2D eigenvalue weighted by molar-refractivity contribution is 5.52. The molecule has 0 aliphatic rings. The monoisotopic (exact) mass is 262 g/mol. The average molecular weight is 262 g/mol. The summed E-state index contributed by atoms with van der Waals surface area (Å²) in [6.45, 7) is 8.78. The molecule has 0 aromatic carbocycles. The van der Waals surface area contributed by atoms with Gasteiger partial charge in [-0.3, -0.25) is 0 Å². The third-order valence-electron chi connectivity index (χ3n) is 3.51. The first kappa shape index (κ1) is 16.1. The zero-order valence-electron chi connectivity index (χ0n) is 13.2. The van der Waals surface area contributed by atoms with Gasteiger partial charge in [0.2, 0.25) is 0 Å². The highest BCUT2D eigenvalue weighted by Crippen LogP contribution is 2.24. The van der Waals surface area contributed by atoms with Crippen LogP contribution in [0, 0.1) is 0 Å². The summed E-state index contributed by atoms with van der Waals surface area (Å²) in [6.07, 6.45) is 14.3. The van der Waals surface area contributed by atoms with Gasteiger partial charge in [-0.25, -0.2) is 0 Å². The molecule has 0 spiro atoms. The van der Waals surface area contributed by atoms with Gasteiger partial charge in [0.1, 0.15) is 5.76 Å². The molecule has 0 atom stereocenters. The molecule has 0 aliphatic carbocycles. The lowest BCUT2D eigenvalue weighted by atomic mass is 9.99. The zero-order chi connectivity index (χ0) is 14.1. The van der Waals surface area contributed by atoms with Gasteiger partial charge in [-0.15, -0.1) is 0 Å². The van der Waals surface area contributed by atoms with Gasteiger partial charge in [0.25, 0.3) is 0 Å². The SMILES string of the molecule is CCCCCCc1c(CCCC)coc1C=C(C)C. The van der Waals surface area contributed by atoms with Gasteiger partial charge in [-0.1, -0.05) is 45.1 Å². The first-order chi connectivity index (χ1) is 9.19. The molecule has 0 bridgehead atoms. The van der Waals surface area contributed by atoms with Crippen molar-refractivity contribution in [3.63, 3.8) is 0 Å². The van der Waals surface area contributed by atoms with Crippen LogP contribution in [-0.4, -0.2) is 0 Å². The minimum atomic E-state index is 1.10. The minimum absolute atomic E-state index is 1.10. The Hall–Kier alpha value is -0.980. The van der Waals surface area contributed by atoms with Crippen molar-refractivity contribution in [1.29, 1.82) is 0 Å². The molecule has 1 nitrogen and oxygen atoms in total. The van der Waals surface area contributed by atoms with Gasteiger partial charge < -0.3 is 4.42 Å². The smallest absolute Gasteiger partial charge is 0.130 e. The molecule has 0 radical (unpaired) electrons. The third-order valence-corrected chi connectivity index (χ3v) is 3.51. The molecule has 0 fully saturated rings. The normalized spacial score (nSPS) is 10.7. The Morgan fingerprint density at radius 3 is 2.37 bits per heavy atom. The van der Waals surface area contributed by atoms with E-state index in [0.717, 1.165) is 5.76 Å². The molecular formula is C18H30O. The molecule has 1 rings (SSSR count). The molecule has 0 saturated carbocycles. The Labute approximate surface area is 119 Å². The molecule has 1 aromatic heterocycles. The maximum Gasteiger partial charge on any atom is 0.130 e. The molecule has 0 N–H and O–H groups in total. The zero-order valence-corrected chi connectivity index (χ0v) is 13.2. The lowest BCUT2D eigenvalue weighted by Crippen LogP contribution is -1.93. The Morgan fingerprint density at radius 1 is 1.00 bits per heavy atom. The Kier molecular flexibility index (Phi) is 7.62. The lowest BCUT2D eigenvalue weighted by Gasteiger charge is -2.04. The molecule has 0 amide bonds. The van der Waals surface area contributed by atoms with E-state index in [2.05, 4.69) is 33.8 Å². The van der Waals surface area contributed by atoms with E-state index in [0.29, 0.717) is 0 Å². The van der Waals surface area contributed by atoms with Crippen LogP contribution in [-0.2, 0) is 12.8 Å². The van der Waals surface area contributed by atoms with Gasteiger partial charge >= 0.3 is 0 Å². The first-order valence-corrected chi connectivity index (χ1v) is 7.93. The number of furan rings is 1. The van der Waals surface area contributed by atoms with Gasteiger partial charge in [-0.05, 0) is 51.2 Å². The molecule has 108 valence electrons. The molecule has 0 saturated heterocycles. The Bertz CT molecular complexity index is 380. The molecule has 1 heteroatoms. The van der Waals surface area contributed by atoms with Crippen molar-refractivity contribution in [3.8, 4) is 0 Å². The number of hydrogen-bond donors (Lipinski definition) is 0. The van der Waals surface area contributed by atoms with Crippen LogP contribution in [0.25, 0.3) is 6.08 Å². The maximum atomic E-state index is 5.78. The van der Waals surface area contributed by atoms with E-state index in [1.165, 1.54) is 68.1 Å². The van der Waals surface area contributed by atoms with E-state index in [9.17, 15) is 0 Å². The molecular weight excluding hydrogens is 232 g/mol. The van der Waals surface area contributed by atoms with Crippen LogP contribution in [0.1, 0.15) is 83.1 Å². The highest BCUT2D eigenvalue weighted by atomic mass is 16.3. The fraction of sp³-hybridized carbons (Fsp3) is 0.667. The van der Waals surface area contributed by atoms with Crippen LogP contribution < -0.4 is 0 Å². The van der Waals surface area contributed by atoms with Gasteiger partial charge in [0.05, 0.1) is 6.26 Å². The molecule has 19 heavy (non-hydrogen) atoms. The van der Waals surface area contributed by atoms with Crippen molar-refractivity contribution in [3.05, 3.63) is 28.7 Å². The van der Waals surface area contributed by atoms with Crippen molar-refractivity contribution < 1.29 is 4.42 Å². The number of allylic oxidation sites excluding steroid dienone is 1. The summed E-state index contributed by atoms with van der Waals surface area (Å²) in [4.78, 5) is 0. The summed E-state index contributed by atoms with van der Waals surface area (Å²) in [7, 11) is 0. The highest BCUT2D eigenvalue weighted by Gasteiger charge is 2.11. The number of hydrogen-bond acceptors (Lipinski definition) is 1. The van der Waals surface area contributed by atoms with E-state index in [1.54, 1.807) is 0 Å². The fourth-order valence-corrected chi connectivity index (χ4v) is 2.41. The third kappa shape index (κ3) is 5.67. The summed E-state index contributed by atoms with van der Waals surface area (Å²) in [5, 5.41) is 0. The van der Waals surface area contributed by atoms with Crippen molar-refractivity contribution in [1.82, 2.24) is 0 Å². The molecule has 0 unspecified atom stereocenters. The summed E-state index contributed by atoms with van der Waals surface area (Å²) < 4.78 is 5.78. The quantitative estimate of drug-likeness (QED) is 0.485. The molecule has 1 aromatic rings. The van der Waals surface area contributed by atoms with Crippen molar-refractivity contribution in [2.45, 2.75) is 79.1 Å². The standard InChI is InChI=1S/C18H30O/c1-5-7-9-10-12-17-16(11-8-6-2)14-19-18(17)13-15(3)4/h13-14H,5-12H2,1-4H3. The van der Waals surface area contributed by atoms with Gasteiger partial charge in [0.15, 0.2) is 0 Å². The Morgan fingerprint density at radius 2 is 1.74 bits per heavy atom. The number of unbranched alkanes of at least 4 members (excludes halogenated alkanes) is 4. The van der Waals surface area contributed by atoms with Crippen LogP contribution in [0.4, 0.5) is 0 Å². The topological polar surface area (TPSA) is 13.1 Å². The van der Waals surface area contributed by atoms with Crippen molar-refractivity contribution >= 4 is 6.08 Å². The van der Waals surface area contributed by atoms with Crippen LogP contribution in [0.15, 0.2) is 16.3 Å². The van der Waals surface area contributed by atoms with Gasteiger partial charge in [-0.2, -0.15) is 0 Å². The van der Waals surface area contributed by atoms with E-state index in [-0.39, 0.29) is 0 Å². The van der Waals surface area contributed by atoms with Crippen molar-refractivity contribution in [2.75, 3.05) is 0 Å². The summed E-state index contributed by atoms with van der Waals surface area (Å²) >= 11 is 0. The van der Waals surface area contributed by atoms with Crippen molar-refractivity contribution in [2.24, 2.45) is 0 Å². The second-order valence-electron chi connectivity index (χ2n) is 5.74. The predicted octanol–water partition coefficient (Wildman–Crippen LogP) is 6.17. The Balaban J connectivity index is 2.75. The number of aryl methyl sites for hydroxylation is 1. The van der Waals surface area contributed by atoms with E-state index < -0.39 is 0 Å². The van der Waals surface area contributed by atoms with E-state index >= 15 is 0 Å². The second-order valence-corrected chi connectivity index (χ2v) is 5.74. The number of rotatable bonds is 9. The maximum absolute atomic E-state index is 5.78. The predicted molar refractivity (Wildman–Crippen MR) is 84.5 cm³/mol. The largest absolute Gasteiger partial charge is 0.464 e. The minimum Gasteiger partial charge on any atom is -0.464 e. The van der Waals surface area contributed by atoms with Gasteiger partial charge in [0, 0.05) is 5.56 Å². The first-order valence-electron chi connectivity index (χ1n) is 7.93. The summed E-state index contributed by atoms with van der Waals surface area (Å²) in [5.41, 5.74) is 4.21. The van der Waals surface area contributed by atoms with Crippen LogP contribution in [0.3, 0.4) is 0 Å². The van der Waals surface area contributed by atoms with Crippen LogP contribution in [0.2, 0.25) is 0 Å². The second kappa shape index (κ2) is 9.01. The van der Waals surface area contributed by atoms with Crippen LogP contribution in [0.5, 0.6) is 0 Å².